The molecule has 0 aliphatic heterocycles. The molecule has 0 saturated carbocycles. The average molecular weight is 187 g/mol. The van der Waals surface area contributed by atoms with E-state index in [1.54, 1.807) is 0 Å². The smallest absolute Gasteiger partial charge is 0.0104 e. The molecule has 0 spiro atoms. The van der Waals surface area contributed by atoms with Crippen LogP contribution in [-0.2, 0) is 0 Å². The van der Waals surface area contributed by atoms with E-state index < -0.39 is 0 Å². The van der Waals surface area contributed by atoms with Crippen LogP contribution < -0.4 is 5.32 Å². The van der Waals surface area contributed by atoms with Crippen molar-refractivity contribution in [3.05, 3.63) is 0 Å². The van der Waals surface area contributed by atoms with Gasteiger partial charge in [-0.05, 0) is 34.1 Å². The van der Waals surface area contributed by atoms with Crippen LogP contribution in [0.3, 0.4) is 0 Å². The summed E-state index contributed by atoms with van der Waals surface area (Å²) in [5.74, 6) is 0. The summed E-state index contributed by atoms with van der Waals surface area (Å²) >= 11 is 0. The van der Waals surface area contributed by atoms with E-state index in [-0.39, 0.29) is 0 Å². The fraction of sp³-hybridized carbons (Fsp3) is 1.00. The molecule has 13 heavy (non-hydrogen) atoms. The van der Waals surface area contributed by atoms with Gasteiger partial charge in [-0.2, -0.15) is 0 Å². The van der Waals surface area contributed by atoms with E-state index in [1.165, 1.54) is 13.0 Å². The molecule has 0 fully saturated rings. The van der Waals surface area contributed by atoms with Crippen LogP contribution in [0, 0.1) is 0 Å². The zero-order valence-corrected chi connectivity index (χ0v) is 9.64. The molecular formula is C10H25N3. The highest BCUT2D eigenvalue weighted by molar-refractivity contribution is 4.55. The Labute approximate surface area is 83.1 Å². The summed E-state index contributed by atoms with van der Waals surface area (Å²) in [6, 6.07) is 0. The number of rotatable bonds is 8. The summed E-state index contributed by atoms with van der Waals surface area (Å²) in [5.41, 5.74) is 0. The van der Waals surface area contributed by atoms with E-state index in [9.17, 15) is 0 Å². The van der Waals surface area contributed by atoms with Gasteiger partial charge in [-0.1, -0.05) is 6.92 Å². The molecule has 80 valence electrons. The van der Waals surface area contributed by atoms with Crippen LogP contribution in [0.5, 0.6) is 0 Å². The zero-order valence-electron chi connectivity index (χ0n) is 9.64. The molecule has 3 nitrogen and oxygen atoms in total. The maximum Gasteiger partial charge on any atom is 0.0104 e. The number of likely N-dealkylation sites (N-methyl/N-ethyl adjacent to an activating group) is 2. The standard InChI is InChI=1S/C10H25N3/c1-5-8-13(4)10-7-11-6-9-12(2)3/h11H,5-10H2,1-4H3. The van der Waals surface area contributed by atoms with Crippen molar-refractivity contribution in [2.24, 2.45) is 0 Å². The molecular weight excluding hydrogens is 162 g/mol. The van der Waals surface area contributed by atoms with Crippen LogP contribution in [0.25, 0.3) is 0 Å². The molecule has 0 atom stereocenters. The molecule has 0 aliphatic carbocycles. The molecule has 0 heterocycles. The molecule has 0 unspecified atom stereocenters. The monoisotopic (exact) mass is 187 g/mol. The molecule has 0 aliphatic rings. The van der Waals surface area contributed by atoms with E-state index in [4.69, 9.17) is 0 Å². The minimum Gasteiger partial charge on any atom is -0.314 e. The third kappa shape index (κ3) is 9.80. The Kier molecular flexibility index (Phi) is 8.40. The Hall–Kier alpha value is -0.120. The van der Waals surface area contributed by atoms with Gasteiger partial charge in [-0.3, -0.25) is 0 Å². The Bertz CT molecular complexity index is 104. The van der Waals surface area contributed by atoms with Crippen LogP contribution in [-0.4, -0.2) is 63.7 Å². The van der Waals surface area contributed by atoms with E-state index >= 15 is 0 Å². The number of hydrogen-bond donors (Lipinski definition) is 1. The van der Waals surface area contributed by atoms with E-state index in [0.29, 0.717) is 0 Å². The lowest BCUT2D eigenvalue weighted by molar-refractivity contribution is 0.326. The molecule has 0 radical (unpaired) electrons. The summed E-state index contributed by atoms with van der Waals surface area (Å²) in [6.45, 7) is 7.89. The molecule has 0 rings (SSSR count). The highest BCUT2D eigenvalue weighted by Gasteiger charge is 1.95. The first kappa shape index (κ1) is 12.9. The third-order valence-electron chi connectivity index (χ3n) is 2.01. The van der Waals surface area contributed by atoms with Crippen molar-refractivity contribution in [1.29, 1.82) is 0 Å². The van der Waals surface area contributed by atoms with Gasteiger partial charge in [0.2, 0.25) is 0 Å². The highest BCUT2D eigenvalue weighted by Crippen LogP contribution is 1.83. The van der Waals surface area contributed by atoms with Crippen molar-refractivity contribution >= 4 is 0 Å². The second kappa shape index (κ2) is 8.48. The summed E-state index contributed by atoms with van der Waals surface area (Å²) in [7, 11) is 6.38. The normalized spacial score (nSPS) is 11.5. The van der Waals surface area contributed by atoms with Crippen LogP contribution in [0.4, 0.5) is 0 Å². The number of nitrogens with zero attached hydrogens (tertiary/aromatic N) is 2. The maximum absolute atomic E-state index is 3.42. The van der Waals surface area contributed by atoms with Crippen LogP contribution >= 0.6 is 0 Å². The second-order valence-electron chi connectivity index (χ2n) is 3.86. The van der Waals surface area contributed by atoms with Crippen LogP contribution in [0.15, 0.2) is 0 Å². The van der Waals surface area contributed by atoms with Crippen molar-refractivity contribution in [2.75, 3.05) is 53.9 Å². The molecule has 0 aromatic heterocycles. The lowest BCUT2D eigenvalue weighted by atomic mass is 10.4. The topological polar surface area (TPSA) is 18.5 Å². The number of nitrogens with one attached hydrogen (secondary N) is 1. The largest absolute Gasteiger partial charge is 0.314 e. The average Bonchev–Trinajstić information content (AvgIpc) is 2.03. The first-order valence-electron chi connectivity index (χ1n) is 5.20. The Morgan fingerprint density at radius 1 is 0.923 bits per heavy atom. The number of hydrogen-bond acceptors (Lipinski definition) is 3. The summed E-state index contributed by atoms with van der Waals surface area (Å²) < 4.78 is 0. The van der Waals surface area contributed by atoms with Crippen molar-refractivity contribution in [3.63, 3.8) is 0 Å². The van der Waals surface area contributed by atoms with Gasteiger partial charge < -0.3 is 15.1 Å². The SMILES string of the molecule is CCCN(C)CCNCCN(C)C. The van der Waals surface area contributed by atoms with Crippen molar-refractivity contribution in [3.8, 4) is 0 Å². The fourth-order valence-corrected chi connectivity index (χ4v) is 1.19. The minimum absolute atomic E-state index is 1.09. The highest BCUT2D eigenvalue weighted by atomic mass is 15.1. The van der Waals surface area contributed by atoms with Gasteiger partial charge in [-0.15, -0.1) is 0 Å². The van der Waals surface area contributed by atoms with Gasteiger partial charge in [0.15, 0.2) is 0 Å². The van der Waals surface area contributed by atoms with Crippen molar-refractivity contribution in [2.45, 2.75) is 13.3 Å². The summed E-state index contributed by atoms with van der Waals surface area (Å²) in [4.78, 5) is 4.56. The summed E-state index contributed by atoms with van der Waals surface area (Å²) in [6.07, 6.45) is 1.24. The molecule has 0 aromatic carbocycles. The second-order valence-corrected chi connectivity index (χ2v) is 3.86. The van der Waals surface area contributed by atoms with Gasteiger partial charge in [0.1, 0.15) is 0 Å². The van der Waals surface area contributed by atoms with Gasteiger partial charge >= 0.3 is 0 Å². The Morgan fingerprint density at radius 2 is 1.54 bits per heavy atom. The molecule has 3 heteroatoms. The van der Waals surface area contributed by atoms with E-state index in [0.717, 1.165) is 26.2 Å². The molecule has 0 bridgehead atoms. The van der Waals surface area contributed by atoms with E-state index in [2.05, 4.69) is 43.2 Å². The fourth-order valence-electron chi connectivity index (χ4n) is 1.19. The molecule has 1 N–H and O–H groups in total. The Balaban J connectivity index is 3.06. The third-order valence-corrected chi connectivity index (χ3v) is 2.01. The molecule has 0 saturated heterocycles. The quantitative estimate of drug-likeness (QED) is 0.558. The molecule has 0 aromatic rings. The Morgan fingerprint density at radius 3 is 2.08 bits per heavy atom. The van der Waals surface area contributed by atoms with Crippen LogP contribution in [0.1, 0.15) is 13.3 Å². The van der Waals surface area contributed by atoms with Gasteiger partial charge in [0.25, 0.3) is 0 Å². The minimum atomic E-state index is 1.09. The predicted molar refractivity (Wildman–Crippen MR) is 59.2 cm³/mol. The lowest BCUT2D eigenvalue weighted by Crippen LogP contribution is -2.33. The molecule has 0 amide bonds. The summed E-state index contributed by atoms with van der Waals surface area (Å²) in [5, 5.41) is 3.42. The van der Waals surface area contributed by atoms with Gasteiger partial charge in [0.05, 0.1) is 0 Å². The van der Waals surface area contributed by atoms with Gasteiger partial charge in [-0.25, -0.2) is 0 Å². The first-order valence-corrected chi connectivity index (χ1v) is 5.20. The van der Waals surface area contributed by atoms with Crippen LogP contribution in [0.2, 0.25) is 0 Å². The predicted octanol–water partition coefficient (Wildman–Crippen LogP) is 0.479. The van der Waals surface area contributed by atoms with Gasteiger partial charge in [0, 0.05) is 26.2 Å². The van der Waals surface area contributed by atoms with Crippen molar-refractivity contribution in [1.82, 2.24) is 15.1 Å². The first-order chi connectivity index (χ1) is 6.16. The maximum atomic E-state index is 3.42. The van der Waals surface area contributed by atoms with Crippen molar-refractivity contribution < 1.29 is 0 Å². The van der Waals surface area contributed by atoms with E-state index in [1.807, 2.05) is 0 Å². The zero-order chi connectivity index (χ0) is 10.1. The lowest BCUT2D eigenvalue weighted by Gasteiger charge is -2.16.